The first-order valence-electron chi connectivity index (χ1n) is 42.3. The predicted molar refractivity (Wildman–Crippen MR) is 404 cm³/mol. The van der Waals surface area contributed by atoms with Gasteiger partial charge in [-0.2, -0.15) is 0 Å². The molecule has 28 rings (SSSR count). The Labute approximate surface area is 569 Å². The molecule has 0 N–H and O–H groups in total. The molecule has 0 spiro atoms. The lowest BCUT2D eigenvalue weighted by molar-refractivity contribution is 0.653. The molecule has 0 atom stereocenters. The van der Waals surface area contributed by atoms with Gasteiger partial charge in [0.15, 0.2) is 0 Å². The van der Waals surface area contributed by atoms with Gasteiger partial charge in [-0.15, -0.1) is 0 Å². The van der Waals surface area contributed by atoms with E-state index in [1.165, 1.54) is 314 Å². The third-order valence-corrected chi connectivity index (χ3v) is 25.9. The van der Waals surface area contributed by atoms with Gasteiger partial charge >= 0.3 is 0 Å². The minimum Gasteiger partial charge on any atom is -0.0683 e. The van der Waals surface area contributed by atoms with Gasteiger partial charge in [-0.25, -0.2) is 0 Å². The van der Waals surface area contributed by atoms with Crippen molar-refractivity contribution < 1.29 is 0 Å². The summed E-state index contributed by atoms with van der Waals surface area (Å²) in [5, 5.41) is 0. The maximum absolute atomic E-state index is 2.38. The van der Waals surface area contributed by atoms with E-state index in [0.717, 1.165) is 81.2 Å². The number of hydrogen-bond acceptors (Lipinski definition) is 0. The first kappa shape index (κ1) is 79.0. The van der Waals surface area contributed by atoms with Crippen LogP contribution in [0.3, 0.4) is 0 Å². The van der Waals surface area contributed by atoms with Crippen LogP contribution in [-0.4, -0.2) is 0 Å². The predicted octanol–water partition coefficient (Wildman–Crippen LogP) is 31.4. The molecule has 28 saturated carbocycles. The van der Waals surface area contributed by atoms with E-state index in [-0.39, 0.29) is 0 Å². The van der Waals surface area contributed by atoms with Crippen LogP contribution in [0.5, 0.6) is 0 Å². The molecule has 28 aliphatic carbocycles. The molecular formula is C90H170. The van der Waals surface area contributed by atoms with Crippen molar-refractivity contribution in [3.8, 4) is 0 Å². The monoisotopic (exact) mass is 1250 g/mol. The van der Waals surface area contributed by atoms with Crippen LogP contribution in [0, 0.1) is 93.1 Å². The molecule has 0 nitrogen and oxygen atoms in total. The van der Waals surface area contributed by atoms with Crippen molar-refractivity contribution in [2.45, 2.75) is 480 Å². The molecule has 0 heterocycles. The quantitative estimate of drug-likeness (QED) is 0.227. The van der Waals surface area contributed by atoms with Crippen molar-refractivity contribution >= 4 is 0 Å². The second kappa shape index (κ2) is 31.9. The maximum atomic E-state index is 2.38. The van der Waals surface area contributed by atoms with Gasteiger partial charge in [0, 0.05) is 0 Å². The number of hydrogen-bond donors (Lipinski definition) is 0. The molecule has 0 unspecified atom stereocenters. The van der Waals surface area contributed by atoms with E-state index >= 15 is 0 Å². The molecular weight excluding hydrogens is 1080 g/mol. The summed E-state index contributed by atoms with van der Waals surface area (Å²) in [5.41, 5.74) is 12.8. The van der Waals surface area contributed by atoms with Crippen molar-refractivity contribution in [3.63, 3.8) is 0 Å². The van der Waals surface area contributed by atoms with Crippen LogP contribution in [0.4, 0.5) is 0 Å². The van der Waals surface area contributed by atoms with Crippen molar-refractivity contribution in [2.75, 3.05) is 0 Å². The van der Waals surface area contributed by atoms with Gasteiger partial charge in [-0.1, -0.05) is 364 Å². The Morgan fingerprint density at radius 3 is 0.200 bits per heavy atom. The Morgan fingerprint density at radius 1 is 0.156 bits per heavy atom. The normalized spacial score (nSPS) is 47.7. The van der Waals surface area contributed by atoms with Crippen molar-refractivity contribution in [2.24, 2.45) is 93.1 Å². The van der Waals surface area contributed by atoms with Crippen LogP contribution < -0.4 is 0 Å². The average Bonchev–Trinajstić information content (AvgIpc) is 1.51. The molecule has 0 aliphatic heterocycles. The minimum absolute atomic E-state index is 0.750. The van der Waals surface area contributed by atoms with E-state index < -0.39 is 0 Å². The summed E-state index contributed by atoms with van der Waals surface area (Å²) in [7, 11) is 0. The lowest BCUT2D eigenvalue weighted by Gasteiger charge is -1.86. The number of rotatable bonds is 0. The largest absolute Gasteiger partial charge is 0.0683 e. The van der Waals surface area contributed by atoms with Gasteiger partial charge in [-0.3, -0.25) is 0 Å². The van der Waals surface area contributed by atoms with E-state index in [2.05, 4.69) is 111 Å². The van der Waals surface area contributed by atoms with Crippen LogP contribution >= 0.6 is 0 Å². The fraction of sp³-hybridized carbons (Fsp3) is 1.00. The van der Waals surface area contributed by atoms with Crippen LogP contribution in [0.2, 0.25) is 0 Å². The van der Waals surface area contributed by atoms with Crippen LogP contribution in [-0.2, 0) is 0 Å². The highest BCUT2D eigenvalue weighted by Gasteiger charge is 2.79. The lowest BCUT2D eigenvalue weighted by Crippen LogP contribution is -1.75. The van der Waals surface area contributed by atoms with Crippen molar-refractivity contribution in [1.29, 1.82) is 0 Å². The molecule has 28 fully saturated rings. The van der Waals surface area contributed by atoms with E-state index in [1.807, 2.05) is 41.5 Å². The molecule has 0 heteroatoms. The smallest absolute Gasteiger partial charge is 0.0261 e. The van der Waals surface area contributed by atoms with Gasteiger partial charge in [0.05, 0.1) is 0 Å². The van der Waals surface area contributed by atoms with Crippen LogP contribution in [0.1, 0.15) is 480 Å². The summed E-state index contributed by atoms with van der Waals surface area (Å²) in [5.74, 6) is 2.39. The lowest BCUT2D eigenvalue weighted by atomic mass is 10.2. The third-order valence-electron chi connectivity index (χ3n) is 25.9. The molecule has 0 aromatic rings. The highest BCUT2D eigenvalue weighted by Crippen LogP contribution is 2.88. The standard InChI is InChI=1S/6C6H10.2C5H8.C5H10.11C3H6.3C2H6/c6*1-5-3-6(5,2)4-5;2*1-5-2-4(5)3-5;1-5(2)3-4-5;11*1-2-3-1;3*1-2/h6*3-4H2,1-2H3;2*4H,2-3H2,1H3;3-4H2,1-2H3;11*1-3H2;3*1-2H3. The second-order valence-corrected chi connectivity index (χ2v) is 40.7. The fourth-order valence-corrected chi connectivity index (χ4v) is 11.6. The van der Waals surface area contributed by atoms with Crippen LogP contribution in [0.25, 0.3) is 0 Å². The van der Waals surface area contributed by atoms with Gasteiger partial charge < -0.3 is 0 Å². The first-order chi connectivity index (χ1) is 42.3. The summed E-state index contributed by atoms with van der Waals surface area (Å²) in [6.45, 7) is 49.9. The summed E-state index contributed by atoms with van der Waals surface area (Å²) in [6.07, 6.45) is 76.8. The molecule has 0 aromatic carbocycles. The van der Waals surface area contributed by atoms with Crippen molar-refractivity contribution in [3.05, 3.63) is 0 Å². The highest BCUT2D eigenvalue weighted by molar-refractivity contribution is 5.28. The molecule has 0 aromatic heterocycles. The Kier molecular flexibility index (Phi) is 28.0. The molecule has 530 valence electrons. The maximum Gasteiger partial charge on any atom is -0.0261 e. The van der Waals surface area contributed by atoms with E-state index in [1.54, 1.807) is 25.7 Å². The molecule has 90 heavy (non-hydrogen) atoms. The van der Waals surface area contributed by atoms with Gasteiger partial charge in [0.1, 0.15) is 0 Å². The number of fused-ring (bicyclic) bond motifs is 8. The van der Waals surface area contributed by atoms with E-state index in [9.17, 15) is 0 Å². The summed E-state index contributed by atoms with van der Waals surface area (Å²) >= 11 is 0. The molecule has 0 amide bonds. The first-order valence-corrected chi connectivity index (χ1v) is 42.3. The minimum atomic E-state index is 0.750. The van der Waals surface area contributed by atoms with E-state index in [4.69, 9.17) is 0 Å². The van der Waals surface area contributed by atoms with Crippen molar-refractivity contribution in [1.82, 2.24) is 0 Å². The highest BCUT2D eigenvalue weighted by atomic mass is 14.8. The zero-order valence-corrected chi connectivity index (χ0v) is 66.7. The molecule has 28 aliphatic rings. The topological polar surface area (TPSA) is 0 Å². The Balaban J connectivity index is 0.000000151. The summed E-state index contributed by atoms with van der Waals surface area (Å²) < 4.78 is 0. The van der Waals surface area contributed by atoms with Gasteiger partial charge in [0.2, 0.25) is 0 Å². The van der Waals surface area contributed by atoms with E-state index in [0.29, 0.717) is 0 Å². The third kappa shape index (κ3) is 33.0. The average molecular weight is 1250 g/mol. The summed E-state index contributed by atoms with van der Waals surface area (Å²) in [4.78, 5) is 0. The van der Waals surface area contributed by atoms with Gasteiger partial charge in [0.25, 0.3) is 0 Å². The Morgan fingerprint density at radius 2 is 0.200 bits per heavy atom. The molecule has 0 saturated heterocycles. The Hall–Kier alpha value is 0. The molecule has 0 bridgehead atoms. The summed E-state index contributed by atoms with van der Waals surface area (Å²) in [6, 6.07) is 0. The van der Waals surface area contributed by atoms with Crippen LogP contribution in [0.15, 0.2) is 0 Å². The Bertz CT molecular complexity index is 1540. The fourth-order valence-electron chi connectivity index (χ4n) is 11.6. The van der Waals surface area contributed by atoms with Gasteiger partial charge in [-0.05, 0) is 209 Å². The second-order valence-electron chi connectivity index (χ2n) is 40.7. The SMILES string of the molecule is C1CC1.C1CC1.C1CC1.C1CC1.C1CC1.C1CC1.C1CC1.C1CC1.C1CC1.C1CC1.C1CC1.CC.CC.CC.CC1(C)CC1.CC12CC1(C)C2.CC12CC1(C)C2.CC12CC1(C)C2.CC12CC1(C)C2.CC12CC1(C)C2.CC12CC1(C)C2.CC12CC1C2.CC12CC1C2. The zero-order chi connectivity index (χ0) is 66.7. The zero-order valence-electron chi connectivity index (χ0n) is 66.7. The molecule has 0 radical (unpaired) electrons.